The van der Waals surface area contributed by atoms with E-state index in [1.54, 1.807) is 7.05 Å². The lowest BCUT2D eigenvalue weighted by Crippen LogP contribution is -2.44. The van der Waals surface area contributed by atoms with Crippen molar-refractivity contribution in [3.05, 3.63) is 11.5 Å². The largest absolute Gasteiger partial charge is 0.481 e. The van der Waals surface area contributed by atoms with Crippen molar-refractivity contribution in [2.24, 2.45) is 5.41 Å². The van der Waals surface area contributed by atoms with Crippen LogP contribution in [0, 0.1) is 5.41 Å². The molecule has 0 aliphatic carbocycles. The minimum Gasteiger partial charge on any atom is -0.481 e. The third-order valence-corrected chi connectivity index (χ3v) is 3.71. The average Bonchev–Trinajstić information content (AvgIpc) is 2.46. The number of hydrogen-bond acceptors (Lipinski definition) is 6. The molecule has 0 aromatic carbocycles. The molecule has 2 rings (SSSR count). The van der Waals surface area contributed by atoms with E-state index in [0.29, 0.717) is 24.5 Å². The lowest BCUT2D eigenvalue weighted by Gasteiger charge is -2.33. The topological polar surface area (TPSA) is 96.4 Å². The zero-order chi connectivity index (χ0) is 14.6. The van der Waals surface area contributed by atoms with Crippen molar-refractivity contribution in [2.75, 3.05) is 37.4 Å². The molecule has 1 aliphatic heterocycles. The molecule has 0 radical (unpaired) electrons. The fraction of sp³-hybridized carbons (Fsp3) is 0.583. The highest BCUT2D eigenvalue weighted by atomic mass is 35.5. The number of halogens is 1. The summed E-state index contributed by atoms with van der Waals surface area (Å²) >= 11 is 5.95. The molecule has 20 heavy (non-hydrogen) atoms. The van der Waals surface area contributed by atoms with E-state index in [-0.39, 0.29) is 18.3 Å². The zero-order valence-corrected chi connectivity index (χ0v) is 11.9. The number of aliphatic carboxylic acids is 1. The summed E-state index contributed by atoms with van der Waals surface area (Å²) in [6.45, 7) is 1.03. The molecule has 1 atom stereocenters. The Labute approximate surface area is 121 Å². The number of aromatic nitrogens is 2. The van der Waals surface area contributed by atoms with Crippen LogP contribution in [0.15, 0.2) is 6.33 Å². The molecule has 2 heterocycles. The third kappa shape index (κ3) is 2.94. The molecular formula is C12H17ClN4O3. The fourth-order valence-electron chi connectivity index (χ4n) is 2.21. The van der Waals surface area contributed by atoms with Gasteiger partial charge in [-0.1, -0.05) is 11.6 Å². The highest BCUT2D eigenvalue weighted by molar-refractivity contribution is 6.32. The second kappa shape index (κ2) is 6.23. The number of nitrogens with zero attached hydrogens (tertiary/aromatic N) is 2. The maximum Gasteiger partial charge on any atom is 0.313 e. The van der Waals surface area contributed by atoms with Gasteiger partial charge in [0.25, 0.3) is 0 Å². The molecule has 110 valence electrons. The summed E-state index contributed by atoms with van der Waals surface area (Å²) < 4.78 is 5.32. The molecule has 0 spiro atoms. The summed E-state index contributed by atoms with van der Waals surface area (Å²) in [5.74, 6) is -0.380. The van der Waals surface area contributed by atoms with Gasteiger partial charge < -0.3 is 20.5 Å². The fourth-order valence-corrected chi connectivity index (χ4v) is 2.44. The molecule has 1 fully saturated rings. The average molecular weight is 301 g/mol. The van der Waals surface area contributed by atoms with Gasteiger partial charge in [-0.2, -0.15) is 0 Å². The third-order valence-electron chi connectivity index (χ3n) is 3.42. The summed E-state index contributed by atoms with van der Waals surface area (Å²) in [4.78, 5) is 19.5. The number of rotatable bonds is 5. The summed E-state index contributed by atoms with van der Waals surface area (Å²) in [5, 5.41) is 15.7. The van der Waals surface area contributed by atoms with Crippen LogP contribution in [0.4, 0.5) is 11.5 Å². The van der Waals surface area contributed by atoms with Gasteiger partial charge in [-0.3, -0.25) is 4.79 Å². The Morgan fingerprint density at radius 2 is 2.40 bits per heavy atom. The van der Waals surface area contributed by atoms with Gasteiger partial charge >= 0.3 is 5.97 Å². The molecule has 0 bridgehead atoms. The highest BCUT2D eigenvalue weighted by Crippen LogP contribution is 2.31. The first-order chi connectivity index (χ1) is 9.59. The first-order valence-corrected chi connectivity index (χ1v) is 6.70. The van der Waals surface area contributed by atoms with E-state index in [9.17, 15) is 9.90 Å². The summed E-state index contributed by atoms with van der Waals surface area (Å²) in [6.07, 6.45) is 2.64. The van der Waals surface area contributed by atoms with Crippen LogP contribution in [-0.2, 0) is 9.53 Å². The van der Waals surface area contributed by atoms with Crippen molar-refractivity contribution in [3.63, 3.8) is 0 Å². The first-order valence-electron chi connectivity index (χ1n) is 6.32. The molecule has 7 nitrogen and oxygen atoms in total. The van der Waals surface area contributed by atoms with Crippen LogP contribution in [0.1, 0.15) is 12.8 Å². The van der Waals surface area contributed by atoms with Crippen molar-refractivity contribution < 1.29 is 14.6 Å². The maximum atomic E-state index is 11.5. The molecule has 0 amide bonds. The van der Waals surface area contributed by atoms with Crippen LogP contribution in [-0.4, -0.2) is 47.8 Å². The molecule has 3 N–H and O–H groups in total. The van der Waals surface area contributed by atoms with Gasteiger partial charge in [0.2, 0.25) is 0 Å². The van der Waals surface area contributed by atoms with Gasteiger partial charge in [0.1, 0.15) is 17.4 Å². The van der Waals surface area contributed by atoms with Crippen molar-refractivity contribution >= 4 is 29.1 Å². The lowest BCUT2D eigenvalue weighted by molar-refractivity contribution is -0.155. The van der Waals surface area contributed by atoms with Crippen LogP contribution in [0.5, 0.6) is 0 Å². The Morgan fingerprint density at radius 1 is 1.60 bits per heavy atom. The Bertz CT molecular complexity index is 492. The van der Waals surface area contributed by atoms with E-state index in [4.69, 9.17) is 16.3 Å². The molecule has 1 saturated heterocycles. The van der Waals surface area contributed by atoms with Gasteiger partial charge in [-0.05, 0) is 12.8 Å². The van der Waals surface area contributed by atoms with E-state index in [0.717, 1.165) is 6.42 Å². The van der Waals surface area contributed by atoms with Crippen LogP contribution >= 0.6 is 11.6 Å². The normalized spacial score (nSPS) is 22.3. The molecule has 0 saturated carbocycles. The van der Waals surface area contributed by atoms with Crippen LogP contribution in [0.2, 0.25) is 5.15 Å². The second-order valence-corrected chi connectivity index (χ2v) is 5.09. The van der Waals surface area contributed by atoms with Gasteiger partial charge in [0, 0.05) is 20.2 Å². The number of anilines is 2. The van der Waals surface area contributed by atoms with Crippen molar-refractivity contribution in [2.45, 2.75) is 12.8 Å². The summed E-state index contributed by atoms with van der Waals surface area (Å²) in [7, 11) is 1.70. The maximum absolute atomic E-state index is 11.5. The Hall–Kier alpha value is -1.60. The number of nitrogens with one attached hydrogen (secondary N) is 2. The minimum atomic E-state index is -0.930. The SMILES string of the molecule is CNc1c(Cl)ncnc1NCC1(C(=O)O)CCCOC1. The lowest BCUT2D eigenvalue weighted by atomic mass is 9.82. The van der Waals surface area contributed by atoms with Crippen LogP contribution in [0.3, 0.4) is 0 Å². The van der Waals surface area contributed by atoms with Gasteiger partial charge in [0.15, 0.2) is 11.0 Å². The van der Waals surface area contributed by atoms with Gasteiger partial charge in [-0.25, -0.2) is 9.97 Å². The Morgan fingerprint density at radius 3 is 3.00 bits per heavy atom. The second-order valence-electron chi connectivity index (χ2n) is 4.73. The summed E-state index contributed by atoms with van der Waals surface area (Å²) in [5.41, 5.74) is -0.382. The van der Waals surface area contributed by atoms with E-state index in [1.165, 1.54) is 6.33 Å². The molecular weight excluding hydrogens is 284 g/mol. The minimum absolute atomic E-state index is 0.197. The molecule has 1 aromatic heterocycles. The molecule has 1 unspecified atom stereocenters. The van der Waals surface area contributed by atoms with Crippen molar-refractivity contribution in [1.82, 2.24) is 9.97 Å². The number of carbonyl (C=O) groups is 1. The highest BCUT2D eigenvalue weighted by Gasteiger charge is 2.40. The summed E-state index contributed by atoms with van der Waals surface area (Å²) in [6, 6.07) is 0. The Balaban J connectivity index is 2.14. The standard InChI is InChI=1S/C12H17ClN4O3/c1-14-8-9(13)16-7-17-10(8)15-5-12(11(18)19)3-2-4-20-6-12/h7,14H,2-6H2,1H3,(H,18,19)(H,15,16,17). The smallest absolute Gasteiger partial charge is 0.313 e. The zero-order valence-electron chi connectivity index (χ0n) is 11.1. The molecule has 8 heteroatoms. The Kier molecular flexibility index (Phi) is 4.61. The number of carboxylic acid groups (broad SMARTS) is 1. The van der Waals surface area contributed by atoms with E-state index in [1.807, 2.05) is 0 Å². The number of hydrogen-bond donors (Lipinski definition) is 3. The quantitative estimate of drug-likeness (QED) is 0.708. The van der Waals surface area contributed by atoms with Crippen LogP contribution in [0.25, 0.3) is 0 Å². The number of carboxylic acids is 1. The van der Waals surface area contributed by atoms with E-state index in [2.05, 4.69) is 20.6 Å². The molecule has 1 aromatic rings. The molecule has 1 aliphatic rings. The monoisotopic (exact) mass is 300 g/mol. The predicted molar refractivity (Wildman–Crippen MR) is 75.2 cm³/mol. The van der Waals surface area contributed by atoms with E-state index >= 15 is 0 Å². The predicted octanol–water partition coefficient (Wildman–Crippen LogP) is 1.46. The first kappa shape index (κ1) is 14.8. The van der Waals surface area contributed by atoms with E-state index < -0.39 is 11.4 Å². The van der Waals surface area contributed by atoms with Crippen LogP contribution < -0.4 is 10.6 Å². The van der Waals surface area contributed by atoms with Gasteiger partial charge in [-0.15, -0.1) is 0 Å². The van der Waals surface area contributed by atoms with Gasteiger partial charge in [0.05, 0.1) is 6.61 Å². The van der Waals surface area contributed by atoms with Crippen molar-refractivity contribution in [3.8, 4) is 0 Å². The van der Waals surface area contributed by atoms with Crippen molar-refractivity contribution in [1.29, 1.82) is 0 Å². The number of ether oxygens (including phenoxy) is 1.